The van der Waals surface area contributed by atoms with E-state index in [1.54, 1.807) is 12.2 Å². The molecule has 1 saturated carbocycles. The molecule has 1 amide bonds. The number of allylic oxidation sites excluding steroid dienone is 7. The minimum Gasteiger partial charge on any atom is -0.488 e. The van der Waals surface area contributed by atoms with Gasteiger partial charge in [0.25, 0.3) is 0 Å². The van der Waals surface area contributed by atoms with E-state index in [1.165, 1.54) is 38.0 Å². The maximum Gasteiger partial charge on any atom is 0.233 e. The second-order valence-corrected chi connectivity index (χ2v) is 9.39. The van der Waals surface area contributed by atoms with Gasteiger partial charge in [-0.3, -0.25) is 10.1 Å². The lowest BCUT2D eigenvalue weighted by Gasteiger charge is -2.27. The number of nitriles is 1. The second kappa shape index (κ2) is 16.6. The van der Waals surface area contributed by atoms with Gasteiger partial charge >= 0.3 is 0 Å². The van der Waals surface area contributed by atoms with E-state index in [0.717, 1.165) is 24.5 Å². The van der Waals surface area contributed by atoms with Crippen molar-refractivity contribution in [2.45, 2.75) is 77.7 Å². The minimum atomic E-state index is -0.363. The van der Waals surface area contributed by atoms with Crippen LogP contribution < -0.4 is 5.32 Å². The first-order valence-electron chi connectivity index (χ1n) is 12.1. The van der Waals surface area contributed by atoms with Crippen LogP contribution in [0.25, 0.3) is 0 Å². The molecule has 34 heavy (non-hydrogen) atoms. The van der Waals surface area contributed by atoms with E-state index in [9.17, 15) is 4.79 Å². The average molecular weight is 465 g/mol. The standard InChI is InChI=1S/C18H28O.C11H12N2O2/c1-15-10-12-17(13-11-15)19-18(2,3)14-6-9-16-7-4-5-8-16;1-2-3-4-5-10(8-14)6-7-11(15)13-9-12/h6,9-10,12-13,15-16H,4-5,7-8,11,14H2,1-3H3;1,3-5,14H,6-8H2,(H,13,15)/b9-6+;4-3-,10-5-. The summed E-state index contributed by atoms with van der Waals surface area (Å²) in [6, 6.07) is 0. The maximum atomic E-state index is 10.9. The quantitative estimate of drug-likeness (QED) is 0.139. The third-order valence-electron chi connectivity index (χ3n) is 5.69. The highest BCUT2D eigenvalue weighted by molar-refractivity contribution is 5.77. The zero-order valence-electron chi connectivity index (χ0n) is 20.9. The molecule has 0 saturated heterocycles. The summed E-state index contributed by atoms with van der Waals surface area (Å²) in [5.41, 5.74) is 0.584. The van der Waals surface area contributed by atoms with Gasteiger partial charge in [-0.1, -0.05) is 56.1 Å². The Hall–Kier alpha value is -3.02. The number of carbonyl (C=O) groups is 1. The first-order valence-corrected chi connectivity index (χ1v) is 12.1. The molecule has 0 bridgehead atoms. The summed E-state index contributed by atoms with van der Waals surface area (Å²) in [4.78, 5) is 10.9. The van der Waals surface area contributed by atoms with Crippen molar-refractivity contribution in [3.8, 4) is 18.5 Å². The predicted octanol–water partition coefficient (Wildman–Crippen LogP) is 5.87. The van der Waals surface area contributed by atoms with Crippen molar-refractivity contribution in [2.75, 3.05) is 6.61 Å². The van der Waals surface area contributed by atoms with Crippen molar-refractivity contribution in [3.63, 3.8) is 0 Å². The molecule has 0 heterocycles. The molecule has 0 aliphatic heterocycles. The largest absolute Gasteiger partial charge is 0.488 e. The number of aliphatic hydroxyl groups excluding tert-OH is 1. The Morgan fingerprint density at radius 2 is 2.09 bits per heavy atom. The molecular formula is C29H40N2O3. The number of hydrogen-bond acceptors (Lipinski definition) is 4. The first kappa shape index (κ1) is 29.0. The Morgan fingerprint density at radius 3 is 2.68 bits per heavy atom. The van der Waals surface area contributed by atoms with E-state index >= 15 is 0 Å². The average Bonchev–Trinajstić information content (AvgIpc) is 3.31. The molecule has 2 N–H and O–H groups in total. The Balaban J connectivity index is 0.000000352. The molecule has 5 heteroatoms. The Bertz CT molecular complexity index is 857. The van der Waals surface area contributed by atoms with Crippen LogP contribution >= 0.6 is 0 Å². The van der Waals surface area contributed by atoms with Crippen LogP contribution in [-0.2, 0) is 9.53 Å². The van der Waals surface area contributed by atoms with Crippen molar-refractivity contribution < 1.29 is 14.6 Å². The van der Waals surface area contributed by atoms with Crippen LogP contribution in [0.2, 0.25) is 0 Å². The lowest BCUT2D eigenvalue weighted by Crippen LogP contribution is -2.23. The number of carbonyl (C=O) groups excluding carboxylic acids is 1. The number of aliphatic hydroxyl groups is 1. The molecule has 2 aliphatic rings. The van der Waals surface area contributed by atoms with E-state index in [-0.39, 0.29) is 24.5 Å². The topological polar surface area (TPSA) is 82.4 Å². The van der Waals surface area contributed by atoms with Crippen LogP contribution in [0.1, 0.15) is 72.1 Å². The van der Waals surface area contributed by atoms with Gasteiger partial charge in [0.15, 0.2) is 6.19 Å². The van der Waals surface area contributed by atoms with E-state index in [4.69, 9.17) is 21.5 Å². The molecule has 5 nitrogen and oxygen atoms in total. The van der Waals surface area contributed by atoms with Gasteiger partial charge in [0.2, 0.25) is 5.91 Å². The summed E-state index contributed by atoms with van der Waals surface area (Å²) in [6.45, 7) is 6.46. The molecule has 0 radical (unpaired) electrons. The lowest BCUT2D eigenvalue weighted by molar-refractivity contribution is -0.119. The normalized spacial score (nSPS) is 18.7. The first-order chi connectivity index (χ1) is 16.3. The Morgan fingerprint density at radius 1 is 1.35 bits per heavy atom. The number of ether oxygens (including phenoxy) is 1. The highest BCUT2D eigenvalue weighted by Crippen LogP contribution is 2.28. The van der Waals surface area contributed by atoms with Crippen molar-refractivity contribution in [2.24, 2.45) is 11.8 Å². The highest BCUT2D eigenvalue weighted by Gasteiger charge is 2.20. The monoisotopic (exact) mass is 464 g/mol. The van der Waals surface area contributed by atoms with E-state index in [1.807, 2.05) is 5.32 Å². The van der Waals surface area contributed by atoms with Gasteiger partial charge in [-0.05, 0) is 75.2 Å². The molecule has 1 fully saturated rings. The van der Waals surface area contributed by atoms with Crippen molar-refractivity contribution in [1.82, 2.24) is 5.32 Å². The van der Waals surface area contributed by atoms with Crippen molar-refractivity contribution in [3.05, 3.63) is 59.9 Å². The lowest BCUT2D eigenvalue weighted by atomic mass is 10.00. The van der Waals surface area contributed by atoms with Crippen LogP contribution in [0, 0.1) is 35.6 Å². The smallest absolute Gasteiger partial charge is 0.233 e. The molecule has 0 spiro atoms. The van der Waals surface area contributed by atoms with Crippen LogP contribution in [0.15, 0.2) is 59.9 Å². The fraction of sp³-hybridized carbons (Fsp3) is 0.517. The van der Waals surface area contributed by atoms with E-state index in [0.29, 0.717) is 17.9 Å². The number of nitrogens with one attached hydrogen (secondary N) is 1. The van der Waals surface area contributed by atoms with Crippen LogP contribution in [-0.4, -0.2) is 23.2 Å². The third kappa shape index (κ3) is 13.5. The number of amides is 1. The fourth-order valence-corrected chi connectivity index (χ4v) is 3.69. The predicted molar refractivity (Wildman–Crippen MR) is 138 cm³/mol. The van der Waals surface area contributed by atoms with E-state index < -0.39 is 0 Å². The molecule has 2 rings (SSSR count). The zero-order chi connectivity index (χ0) is 25.2. The minimum absolute atomic E-state index is 0.105. The zero-order valence-corrected chi connectivity index (χ0v) is 20.9. The Labute approximate surface area is 206 Å². The van der Waals surface area contributed by atoms with Crippen molar-refractivity contribution >= 4 is 5.91 Å². The van der Waals surface area contributed by atoms with Crippen molar-refractivity contribution in [1.29, 1.82) is 5.26 Å². The summed E-state index contributed by atoms with van der Waals surface area (Å²) >= 11 is 0. The van der Waals surface area contributed by atoms with Gasteiger partial charge in [0.05, 0.1) is 6.61 Å². The fourth-order valence-electron chi connectivity index (χ4n) is 3.69. The van der Waals surface area contributed by atoms with Crippen LogP contribution in [0.4, 0.5) is 0 Å². The molecule has 0 aromatic carbocycles. The molecule has 184 valence electrons. The number of nitrogens with zero attached hydrogens (tertiary/aromatic N) is 1. The summed E-state index contributed by atoms with van der Waals surface area (Å²) in [5.74, 6) is 4.45. The number of rotatable bonds is 10. The number of terminal acetylenes is 1. The van der Waals surface area contributed by atoms with Gasteiger partial charge in [0, 0.05) is 12.8 Å². The summed E-state index contributed by atoms with van der Waals surface area (Å²) < 4.78 is 6.11. The summed E-state index contributed by atoms with van der Waals surface area (Å²) in [5, 5.41) is 19.1. The molecule has 0 aromatic heterocycles. The van der Waals surface area contributed by atoms with Gasteiger partial charge in [-0.25, -0.2) is 0 Å². The molecule has 2 aliphatic carbocycles. The molecular weight excluding hydrogens is 424 g/mol. The molecule has 0 aromatic rings. The Kier molecular flexibility index (Phi) is 14.1. The van der Waals surface area contributed by atoms with E-state index in [2.05, 4.69) is 57.1 Å². The van der Waals surface area contributed by atoms with Crippen LogP contribution in [0.5, 0.6) is 0 Å². The highest BCUT2D eigenvalue weighted by atomic mass is 16.5. The van der Waals surface area contributed by atoms with Gasteiger partial charge in [-0.15, -0.1) is 6.42 Å². The molecule has 1 unspecified atom stereocenters. The summed E-state index contributed by atoms with van der Waals surface area (Å²) in [7, 11) is 0. The van der Waals surface area contributed by atoms with Gasteiger partial charge in [-0.2, -0.15) is 5.26 Å². The number of hydrogen-bond donors (Lipinski definition) is 2. The van der Waals surface area contributed by atoms with Gasteiger partial charge in [0.1, 0.15) is 11.4 Å². The second-order valence-electron chi connectivity index (χ2n) is 9.39. The molecule has 1 atom stereocenters. The maximum absolute atomic E-state index is 10.9. The summed E-state index contributed by atoms with van der Waals surface area (Å²) in [6.07, 6.45) is 30.8. The SMILES string of the molecule is C#C/C=C\C=C(/CO)CCC(=O)NC#N.CC1C=CC(OC(C)(C)C/C=C/C2CCCC2)=CC1. The van der Waals surface area contributed by atoms with Crippen LogP contribution in [0.3, 0.4) is 0 Å². The third-order valence-corrected chi connectivity index (χ3v) is 5.69. The van der Waals surface area contributed by atoms with Gasteiger partial charge < -0.3 is 9.84 Å².